The maximum atomic E-state index is 13.2. The molecule has 1 amide bonds. The molecular weight excluding hydrogens is 371 g/mol. The predicted octanol–water partition coefficient (Wildman–Crippen LogP) is 4.47. The van der Waals surface area contributed by atoms with Crippen LogP contribution in [0.4, 0.5) is 15.9 Å². The van der Waals surface area contributed by atoms with Crippen LogP contribution in [-0.2, 0) is 6.42 Å². The minimum Gasteiger partial charge on any atom is -0.469 e. The first-order valence-electron chi connectivity index (χ1n) is 9.21. The summed E-state index contributed by atoms with van der Waals surface area (Å²) in [5.41, 5.74) is 1.30. The molecule has 4 aromatic rings. The summed E-state index contributed by atoms with van der Waals surface area (Å²) in [5.74, 6) is 0.618. The fourth-order valence-corrected chi connectivity index (χ4v) is 3.01. The number of benzene rings is 2. The smallest absolute Gasteiger partial charge is 0.289 e. The predicted molar refractivity (Wildman–Crippen MR) is 109 cm³/mol. The average Bonchev–Trinajstić information content (AvgIpc) is 3.22. The molecule has 7 heteroatoms. The van der Waals surface area contributed by atoms with Crippen LogP contribution in [0.25, 0.3) is 10.9 Å². The number of amides is 1. The molecule has 0 fully saturated rings. The molecule has 1 atom stereocenters. The lowest BCUT2D eigenvalue weighted by Gasteiger charge is -2.14. The van der Waals surface area contributed by atoms with Gasteiger partial charge >= 0.3 is 0 Å². The number of nitrogens with one attached hydrogen (secondary N) is 2. The summed E-state index contributed by atoms with van der Waals surface area (Å²) in [6.45, 7) is 1.89. The van der Waals surface area contributed by atoms with Crippen molar-refractivity contribution < 1.29 is 13.6 Å². The molecule has 2 heterocycles. The van der Waals surface area contributed by atoms with Crippen LogP contribution in [0.2, 0.25) is 0 Å². The third-order valence-corrected chi connectivity index (χ3v) is 4.38. The van der Waals surface area contributed by atoms with Crippen molar-refractivity contribution in [1.29, 1.82) is 0 Å². The van der Waals surface area contributed by atoms with Gasteiger partial charge in [-0.05, 0) is 55.5 Å². The van der Waals surface area contributed by atoms with E-state index in [1.54, 1.807) is 18.4 Å². The number of rotatable bonds is 6. The van der Waals surface area contributed by atoms with Crippen LogP contribution in [0.15, 0.2) is 71.3 Å². The van der Waals surface area contributed by atoms with Gasteiger partial charge in [0.15, 0.2) is 0 Å². The molecule has 0 spiro atoms. The average molecular weight is 390 g/mol. The topological polar surface area (TPSA) is 80.0 Å². The van der Waals surface area contributed by atoms with Crippen molar-refractivity contribution in [2.75, 3.05) is 5.32 Å². The summed E-state index contributed by atoms with van der Waals surface area (Å²) in [5, 5.41) is 6.80. The van der Waals surface area contributed by atoms with Gasteiger partial charge < -0.3 is 15.1 Å². The molecule has 2 N–H and O–H groups in total. The highest BCUT2D eigenvalue weighted by molar-refractivity contribution is 5.97. The molecule has 0 saturated heterocycles. The summed E-state index contributed by atoms with van der Waals surface area (Å²) >= 11 is 0. The van der Waals surface area contributed by atoms with Gasteiger partial charge in [0.1, 0.15) is 17.4 Å². The van der Waals surface area contributed by atoms with E-state index < -0.39 is 0 Å². The lowest BCUT2D eigenvalue weighted by Crippen LogP contribution is -2.35. The SMILES string of the molecule is C[C@@H](Cc1ccco1)NC(=O)c1nc(Nc2ccc(F)cc2)c2ccccc2n1. The number of halogens is 1. The number of furan rings is 1. The first-order chi connectivity index (χ1) is 14.1. The molecule has 0 radical (unpaired) electrons. The Balaban J connectivity index is 1.60. The Bertz CT molecular complexity index is 1130. The summed E-state index contributed by atoms with van der Waals surface area (Å²) in [6, 6.07) is 16.8. The molecule has 0 unspecified atom stereocenters. The number of hydrogen-bond donors (Lipinski definition) is 2. The number of para-hydroxylation sites is 1. The number of fused-ring (bicyclic) bond motifs is 1. The van der Waals surface area contributed by atoms with Crippen molar-refractivity contribution >= 4 is 28.3 Å². The van der Waals surface area contributed by atoms with Gasteiger partial charge in [-0.1, -0.05) is 12.1 Å². The van der Waals surface area contributed by atoms with Gasteiger partial charge in [-0.2, -0.15) is 0 Å². The number of carbonyl (C=O) groups excluding carboxylic acids is 1. The minimum atomic E-state index is -0.378. The Morgan fingerprint density at radius 1 is 1.07 bits per heavy atom. The summed E-state index contributed by atoms with van der Waals surface area (Å²) in [7, 11) is 0. The second-order valence-corrected chi connectivity index (χ2v) is 6.70. The molecule has 6 nitrogen and oxygen atoms in total. The monoisotopic (exact) mass is 390 g/mol. The molecule has 2 aromatic carbocycles. The highest BCUT2D eigenvalue weighted by Crippen LogP contribution is 2.24. The van der Waals surface area contributed by atoms with Crippen LogP contribution in [0, 0.1) is 5.82 Å². The standard InChI is InChI=1S/C22H19FN4O2/c1-14(13-17-5-4-12-29-17)24-22(28)21-26-19-7-3-2-6-18(19)20(27-21)25-16-10-8-15(23)9-11-16/h2-12,14H,13H2,1H3,(H,24,28)(H,25,26,27)/t14-/m0/s1. The Labute approximate surface area is 166 Å². The molecular formula is C22H19FN4O2. The van der Waals surface area contributed by atoms with Crippen LogP contribution in [0.1, 0.15) is 23.3 Å². The van der Waals surface area contributed by atoms with E-state index in [0.717, 1.165) is 11.1 Å². The molecule has 0 bridgehead atoms. The van der Waals surface area contributed by atoms with E-state index >= 15 is 0 Å². The zero-order valence-corrected chi connectivity index (χ0v) is 15.7. The van der Waals surface area contributed by atoms with E-state index in [1.165, 1.54) is 12.1 Å². The van der Waals surface area contributed by atoms with Crippen LogP contribution >= 0.6 is 0 Å². The Morgan fingerprint density at radius 2 is 1.86 bits per heavy atom. The van der Waals surface area contributed by atoms with Gasteiger partial charge in [0.2, 0.25) is 5.82 Å². The van der Waals surface area contributed by atoms with Crippen LogP contribution in [0.3, 0.4) is 0 Å². The van der Waals surface area contributed by atoms with Gasteiger partial charge in [0.05, 0.1) is 11.8 Å². The van der Waals surface area contributed by atoms with Gasteiger partial charge in [-0.3, -0.25) is 4.79 Å². The summed E-state index contributed by atoms with van der Waals surface area (Å²) in [6.07, 6.45) is 2.16. The molecule has 146 valence electrons. The molecule has 0 saturated carbocycles. The second kappa shape index (κ2) is 8.10. The Hall–Kier alpha value is -3.74. The number of aromatic nitrogens is 2. The zero-order valence-electron chi connectivity index (χ0n) is 15.7. The van der Waals surface area contributed by atoms with Gasteiger partial charge in [0.25, 0.3) is 5.91 Å². The first kappa shape index (κ1) is 18.6. The Morgan fingerprint density at radius 3 is 2.62 bits per heavy atom. The summed E-state index contributed by atoms with van der Waals surface area (Å²) in [4.78, 5) is 21.5. The fourth-order valence-electron chi connectivity index (χ4n) is 3.01. The molecule has 0 aliphatic rings. The Kier molecular flexibility index (Phi) is 5.20. The highest BCUT2D eigenvalue weighted by Gasteiger charge is 2.17. The highest BCUT2D eigenvalue weighted by atomic mass is 19.1. The molecule has 29 heavy (non-hydrogen) atoms. The first-order valence-corrected chi connectivity index (χ1v) is 9.21. The van der Waals surface area contributed by atoms with Crippen LogP contribution in [0.5, 0.6) is 0 Å². The second-order valence-electron chi connectivity index (χ2n) is 6.70. The lowest BCUT2D eigenvalue weighted by molar-refractivity contribution is 0.0929. The van der Waals surface area contributed by atoms with Gasteiger partial charge in [-0.25, -0.2) is 14.4 Å². The maximum Gasteiger partial charge on any atom is 0.289 e. The van der Waals surface area contributed by atoms with Crippen molar-refractivity contribution in [1.82, 2.24) is 15.3 Å². The van der Waals surface area contributed by atoms with E-state index in [1.807, 2.05) is 43.3 Å². The molecule has 0 aliphatic carbocycles. The van der Waals surface area contributed by atoms with E-state index in [-0.39, 0.29) is 23.6 Å². The summed E-state index contributed by atoms with van der Waals surface area (Å²) < 4.78 is 18.5. The lowest BCUT2D eigenvalue weighted by atomic mass is 10.2. The number of hydrogen-bond acceptors (Lipinski definition) is 5. The molecule has 4 rings (SSSR count). The van der Waals surface area contributed by atoms with E-state index in [9.17, 15) is 9.18 Å². The third kappa shape index (κ3) is 4.40. The quantitative estimate of drug-likeness (QED) is 0.508. The molecule has 0 aliphatic heterocycles. The maximum absolute atomic E-state index is 13.2. The van der Waals surface area contributed by atoms with Crippen LogP contribution in [-0.4, -0.2) is 21.9 Å². The largest absolute Gasteiger partial charge is 0.469 e. The number of carbonyl (C=O) groups is 1. The normalized spacial score (nSPS) is 11.9. The van der Waals surface area contributed by atoms with Crippen molar-refractivity contribution in [2.45, 2.75) is 19.4 Å². The number of anilines is 2. The van der Waals surface area contributed by atoms with Gasteiger partial charge in [0, 0.05) is 23.5 Å². The van der Waals surface area contributed by atoms with Gasteiger partial charge in [-0.15, -0.1) is 0 Å². The van der Waals surface area contributed by atoms with Crippen molar-refractivity contribution in [3.63, 3.8) is 0 Å². The third-order valence-electron chi connectivity index (χ3n) is 4.38. The number of nitrogens with zero attached hydrogens (tertiary/aromatic N) is 2. The zero-order chi connectivity index (χ0) is 20.2. The van der Waals surface area contributed by atoms with Crippen LogP contribution < -0.4 is 10.6 Å². The van der Waals surface area contributed by atoms with E-state index in [4.69, 9.17) is 4.42 Å². The van der Waals surface area contributed by atoms with E-state index in [0.29, 0.717) is 23.4 Å². The van der Waals surface area contributed by atoms with Crippen molar-refractivity contribution in [2.24, 2.45) is 0 Å². The van der Waals surface area contributed by atoms with Crippen molar-refractivity contribution in [3.8, 4) is 0 Å². The van der Waals surface area contributed by atoms with Crippen molar-refractivity contribution in [3.05, 3.63) is 84.3 Å². The minimum absolute atomic E-state index is 0.0552. The molecule has 2 aromatic heterocycles. The van der Waals surface area contributed by atoms with E-state index in [2.05, 4.69) is 20.6 Å². The fraction of sp³-hybridized carbons (Fsp3) is 0.136.